The maximum Gasteiger partial charge on any atom is 0.408 e. The van der Waals surface area contributed by atoms with E-state index in [0.29, 0.717) is 6.42 Å². The van der Waals surface area contributed by atoms with Gasteiger partial charge in [0.25, 0.3) is 0 Å². The van der Waals surface area contributed by atoms with Gasteiger partial charge < -0.3 is 15.4 Å². The summed E-state index contributed by atoms with van der Waals surface area (Å²) in [6, 6.07) is 10.3. The molecule has 134 valence electrons. The van der Waals surface area contributed by atoms with Crippen molar-refractivity contribution in [1.29, 1.82) is 5.26 Å². The first-order valence-corrected chi connectivity index (χ1v) is 8.66. The van der Waals surface area contributed by atoms with Crippen LogP contribution in [0.2, 0.25) is 0 Å². The Labute approximate surface area is 148 Å². The first-order chi connectivity index (χ1) is 12.0. The normalized spacial score (nSPS) is 15.8. The summed E-state index contributed by atoms with van der Waals surface area (Å²) >= 11 is 0. The average Bonchev–Trinajstić information content (AvgIpc) is 3.42. The number of amides is 2. The van der Waals surface area contributed by atoms with Crippen molar-refractivity contribution in [2.24, 2.45) is 11.8 Å². The van der Waals surface area contributed by atoms with Crippen molar-refractivity contribution in [1.82, 2.24) is 10.6 Å². The molecule has 0 aromatic heterocycles. The Hall–Kier alpha value is -2.55. The molecule has 1 aromatic carbocycles. The predicted octanol–water partition coefficient (Wildman–Crippen LogP) is 2.75. The second-order valence-electron chi connectivity index (χ2n) is 6.84. The number of nitrogens with zero attached hydrogens (tertiary/aromatic N) is 1. The molecule has 1 fully saturated rings. The molecule has 1 saturated carbocycles. The Morgan fingerprint density at radius 3 is 2.48 bits per heavy atom. The van der Waals surface area contributed by atoms with Gasteiger partial charge in [-0.1, -0.05) is 44.2 Å². The van der Waals surface area contributed by atoms with Crippen LogP contribution in [-0.2, 0) is 16.1 Å². The van der Waals surface area contributed by atoms with Crippen molar-refractivity contribution < 1.29 is 14.3 Å². The van der Waals surface area contributed by atoms with Crippen LogP contribution in [0, 0.1) is 23.2 Å². The summed E-state index contributed by atoms with van der Waals surface area (Å²) in [5, 5.41) is 14.5. The van der Waals surface area contributed by atoms with Crippen molar-refractivity contribution >= 4 is 12.0 Å². The molecule has 0 spiro atoms. The molecule has 0 aliphatic heterocycles. The van der Waals surface area contributed by atoms with Gasteiger partial charge in [0.1, 0.15) is 18.7 Å². The summed E-state index contributed by atoms with van der Waals surface area (Å²) in [7, 11) is 0. The van der Waals surface area contributed by atoms with Crippen LogP contribution in [0.4, 0.5) is 4.79 Å². The van der Waals surface area contributed by atoms with E-state index in [1.807, 2.05) is 44.2 Å². The SMILES string of the molecule is CC(C)C[C@H](NC(=O)OCc1ccccc1)C(=O)NC(C#N)C1CC1. The molecular weight excluding hydrogens is 318 g/mol. The fraction of sp³-hybridized carbons (Fsp3) is 0.526. The molecule has 0 radical (unpaired) electrons. The van der Waals surface area contributed by atoms with Crippen LogP contribution in [0.15, 0.2) is 30.3 Å². The first-order valence-electron chi connectivity index (χ1n) is 8.66. The highest BCUT2D eigenvalue weighted by molar-refractivity contribution is 5.86. The van der Waals surface area contributed by atoms with E-state index in [1.165, 1.54) is 0 Å². The van der Waals surface area contributed by atoms with E-state index in [1.54, 1.807) is 0 Å². The highest BCUT2D eigenvalue weighted by atomic mass is 16.5. The van der Waals surface area contributed by atoms with Gasteiger partial charge in [0, 0.05) is 0 Å². The third kappa shape index (κ3) is 6.46. The molecule has 0 heterocycles. The molecule has 0 bridgehead atoms. The van der Waals surface area contributed by atoms with Crippen molar-refractivity contribution in [3.8, 4) is 6.07 Å². The van der Waals surface area contributed by atoms with E-state index in [-0.39, 0.29) is 24.3 Å². The van der Waals surface area contributed by atoms with Crippen molar-refractivity contribution in [2.75, 3.05) is 0 Å². The molecular formula is C19H25N3O3. The van der Waals surface area contributed by atoms with E-state index >= 15 is 0 Å². The number of hydrogen-bond donors (Lipinski definition) is 2. The van der Waals surface area contributed by atoms with Gasteiger partial charge in [0.05, 0.1) is 6.07 Å². The Bertz CT molecular complexity index is 621. The van der Waals surface area contributed by atoms with Crippen LogP contribution in [0.3, 0.4) is 0 Å². The highest BCUT2D eigenvalue weighted by Crippen LogP contribution is 2.32. The number of carbonyl (C=O) groups excluding carboxylic acids is 2. The van der Waals surface area contributed by atoms with Crippen LogP contribution in [0.25, 0.3) is 0 Å². The summed E-state index contributed by atoms with van der Waals surface area (Å²) in [6.45, 7) is 4.09. The molecule has 1 aliphatic carbocycles. The molecule has 2 atom stereocenters. The van der Waals surface area contributed by atoms with Crippen molar-refractivity contribution in [2.45, 2.75) is 51.8 Å². The number of nitriles is 1. The summed E-state index contributed by atoms with van der Waals surface area (Å²) in [5.41, 5.74) is 0.876. The number of alkyl carbamates (subject to hydrolysis) is 1. The zero-order chi connectivity index (χ0) is 18.2. The molecule has 0 saturated heterocycles. The molecule has 1 aliphatic rings. The maximum atomic E-state index is 12.5. The molecule has 2 amide bonds. The Balaban J connectivity index is 1.88. The lowest BCUT2D eigenvalue weighted by Crippen LogP contribution is -2.50. The van der Waals surface area contributed by atoms with Crippen LogP contribution in [-0.4, -0.2) is 24.1 Å². The topological polar surface area (TPSA) is 91.2 Å². The third-order valence-corrected chi connectivity index (χ3v) is 4.06. The monoisotopic (exact) mass is 343 g/mol. The Morgan fingerprint density at radius 2 is 1.92 bits per heavy atom. The van der Waals surface area contributed by atoms with Gasteiger partial charge in [-0.2, -0.15) is 5.26 Å². The lowest BCUT2D eigenvalue weighted by molar-refractivity contribution is -0.124. The van der Waals surface area contributed by atoms with Gasteiger partial charge >= 0.3 is 6.09 Å². The Kier molecular flexibility index (Phi) is 6.81. The fourth-order valence-electron chi connectivity index (χ4n) is 2.55. The van der Waals surface area contributed by atoms with E-state index in [2.05, 4.69) is 16.7 Å². The molecule has 6 heteroatoms. The van der Waals surface area contributed by atoms with E-state index in [4.69, 9.17) is 10.00 Å². The summed E-state index contributed by atoms with van der Waals surface area (Å²) in [5.74, 6) is 0.120. The number of benzene rings is 1. The van der Waals surface area contributed by atoms with E-state index in [9.17, 15) is 9.59 Å². The first kappa shape index (κ1) is 18.8. The molecule has 2 rings (SSSR count). The minimum Gasteiger partial charge on any atom is -0.445 e. The van der Waals surface area contributed by atoms with Gasteiger partial charge in [-0.25, -0.2) is 4.79 Å². The van der Waals surface area contributed by atoms with Crippen molar-refractivity contribution in [3.63, 3.8) is 0 Å². The summed E-state index contributed by atoms with van der Waals surface area (Å²) in [6.07, 6.45) is 1.76. The maximum absolute atomic E-state index is 12.5. The molecule has 1 unspecified atom stereocenters. The van der Waals surface area contributed by atoms with Gasteiger partial charge in [0.2, 0.25) is 5.91 Å². The standard InChI is InChI=1S/C19H25N3O3/c1-13(2)10-16(18(23)21-17(11-20)15-8-9-15)22-19(24)25-12-14-6-4-3-5-7-14/h3-7,13,15-17H,8-10,12H2,1-2H3,(H,21,23)(H,22,24)/t16-,17?/m0/s1. The zero-order valence-electron chi connectivity index (χ0n) is 14.7. The predicted molar refractivity (Wildman–Crippen MR) is 93.3 cm³/mol. The van der Waals surface area contributed by atoms with E-state index in [0.717, 1.165) is 18.4 Å². The quantitative estimate of drug-likeness (QED) is 0.759. The second-order valence-corrected chi connectivity index (χ2v) is 6.84. The van der Waals surface area contributed by atoms with Gasteiger partial charge in [0.15, 0.2) is 0 Å². The van der Waals surface area contributed by atoms with E-state index < -0.39 is 18.2 Å². The second kappa shape index (κ2) is 9.07. The number of rotatable bonds is 8. The largest absolute Gasteiger partial charge is 0.445 e. The van der Waals surface area contributed by atoms with Gasteiger partial charge in [-0.05, 0) is 36.7 Å². The summed E-state index contributed by atoms with van der Waals surface area (Å²) in [4.78, 5) is 24.5. The number of ether oxygens (including phenoxy) is 1. The van der Waals surface area contributed by atoms with Crippen molar-refractivity contribution in [3.05, 3.63) is 35.9 Å². The summed E-state index contributed by atoms with van der Waals surface area (Å²) < 4.78 is 5.19. The average molecular weight is 343 g/mol. The third-order valence-electron chi connectivity index (χ3n) is 4.06. The molecule has 2 N–H and O–H groups in total. The number of hydrogen-bond acceptors (Lipinski definition) is 4. The van der Waals surface area contributed by atoms with Crippen LogP contribution < -0.4 is 10.6 Å². The van der Waals surface area contributed by atoms with Crippen LogP contribution >= 0.6 is 0 Å². The minimum absolute atomic E-state index is 0.144. The lowest BCUT2D eigenvalue weighted by Gasteiger charge is -2.21. The Morgan fingerprint density at radius 1 is 1.24 bits per heavy atom. The van der Waals surface area contributed by atoms with Gasteiger partial charge in [-0.15, -0.1) is 0 Å². The number of nitrogens with one attached hydrogen (secondary N) is 2. The fourth-order valence-corrected chi connectivity index (χ4v) is 2.55. The minimum atomic E-state index is -0.710. The van der Waals surface area contributed by atoms with Crippen LogP contribution in [0.1, 0.15) is 38.7 Å². The smallest absolute Gasteiger partial charge is 0.408 e. The zero-order valence-corrected chi connectivity index (χ0v) is 14.7. The van der Waals surface area contributed by atoms with Crippen LogP contribution in [0.5, 0.6) is 0 Å². The molecule has 6 nitrogen and oxygen atoms in total. The lowest BCUT2D eigenvalue weighted by atomic mass is 10.0. The number of carbonyl (C=O) groups is 2. The molecule has 25 heavy (non-hydrogen) atoms. The van der Waals surface area contributed by atoms with Gasteiger partial charge in [-0.3, -0.25) is 4.79 Å². The highest BCUT2D eigenvalue weighted by Gasteiger charge is 2.34. The molecule has 1 aromatic rings.